The Kier molecular flexibility index (Phi) is 16.6. The fraction of sp³-hybridized carbons (Fsp3) is 0.629. The van der Waals surface area contributed by atoms with Crippen LogP contribution in [0.25, 0.3) is 0 Å². The predicted octanol–water partition coefficient (Wildman–Crippen LogP) is 9.26. The van der Waals surface area contributed by atoms with Crippen molar-refractivity contribution in [1.82, 2.24) is 0 Å². The molecule has 1 unspecified atom stereocenters. The molecule has 0 bridgehead atoms. The second-order valence-corrected chi connectivity index (χ2v) is 11.8. The third kappa shape index (κ3) is 15.8. The number of hydrogen-bond donors (Lipinski definition) is 0. The summed E-state index contributed by atoms with van der Waals surface area (Å²) in [5, 5.41) is 0. The van der Waals surface area contributed by atoms with Crippen molar-refractivity contribution in [3.05, 3.63) is 65.7 Å². The maximum Gasteiger partial charge on any atom is 0.314 e. The van der Waals surface area contributed by atoms with Gasteiger partial charge in [0, 0.05) is 12.0 Å². The molecule has 0 heterocycles. The Hall–Kier alpha value is -2.33. The summed E-state index contributed by atoms with van der Waals surface area (Å²) in [5.74, 6) is 0.574. The Labute approximate surface area is 239 Å². The molecule has 0 aliphatic rings. The number of rotatable bonds is 22. The SMILES string of the molecule is CCCCCCCCCCCCCc1ccc(OC(CCC)OC(=O)CC[N+](C)(C)Cc2ccccc2)cc1. The zero-order chi connectivity index (χ0) is 28.2. The second kappa shape index (κ2) is 19.7. The van der Waals surface area contributed by atoms with E-state index < -0.39 is 6.29 Å². The average Bonchev–Trinajstić information content (AvgIpc) is 2.92. The van der Waals surface area contributed by atoms with Crippen molar-refractivity contribution < 1.29 is 18.8 Å². The first-order valence-electron chi connectivity index (χ1n) is 15.7. The van der Waals surface area contributed by atoms with Crippen LogP contribution in [-0.2, 0) is 22.5 Å². The Bertz CT molecular complexity index is 879. The monoisotopic (exact) mass is 538 g/mol. The fourth-order valence-corrected chi connectivity index (χ4v) is 5.01. The van der Waals surface area contributed by atoms with Crippen LogP contribution in [0.5, 0.6) is 5.75 Å². The molecule has 2 rings (SSSR count). The van der Waals surface area contributed by atoms with Crippen molar-refractivity contribution in [3.63, 3.8) is 0 Å². The molecule has 0 amide bonds. The van der Waals surface area contributed by atoms with Gasteiger partial charge in [-0.05, 0) is 37.0 Å². The van der Waals surface area contributed by atoms with E-state index in [4.69, 9.17) is 9.47 Å². The van der Waals surface area contributed by atoms with Gasteiger partial charge >= 0.3 is 5.97 Å². The molecule has 1 atom stereocenters. The summed E-state index contributed by atoms with van der Waals surface area (Å²) in [7, 11) is 4.30. The van der Waals surface area contributed by atoms with Crippen molar-refractivity contribution in [1.29, 1.82) is 0 Å². The van der Waals surface area contributed by atoms with Crippen LogP contribution in [0.15, 0.2) is 54.6 Å². The van der Waals surface area contributed by atoms with Gasteiger partial charge in [0.25, 0.3) is 0 Å². The minimum Gasteiger partial charge on any atom is -0.455 e. The molecule has 2 aromatic carbocycles. The van der Waals surface area contributed by atoms with Crippen LogP contribution < -0.4 is 4.74 Å². The molecule has 218 valence electrons. The number of hydrogen-bond acceptors (Lipinski definition) is 3. The van der Waals surface area contributed by atoms with Gasteiger partial charge in [0.1, 0.15) is 12.3 Å². The van der Waals surface area contributed by atoms with Gasteiger partial charge < -0.3 is 14.0 Å². The fourth-order valence-electron chi connectivity index (χ4n) is 5.01. The van der Waals surface area contributed by atoms with Crippen LogP contribution in [0.2, 0.25) is 0 Å². The Morgan fingerprint density at radius 2 is 1.31 bits per heavy atom. The van der Waals surface area contributed by atoms with Gasteiger partial charge in [-0.15, -0.1) is 0 Å². The number of nitrogens with zero attached hydrogens (tertiary/aromatic N) is 1. The highest BCUT2D eigenvalue weighted by molar-refractivity contribution is 5.69. The first-order chi connectivity index (χ1) is 18.9. The highest BCUT2D eigenvalue weighted by atomic mass is 16.7. The maximum atomic E-state index is 12.6. The summed E-state index contributed by atoms with van der Waals surface area (Å²) in [6.45, 7) is 5.97. The standard InChI is InChI=1S/C35H56NO3/c1-5-7-8-9-10-11-12-13-14-15-17-21-31-24-26-33(27-25-31)38-35(20-6-2)39-34(37)28-29-36(3,4)30-32-22-18-16-19-23-32/h16,18-19,22-27,35H,5-15,17,20-21,28-30H2,1-4H3/q+1. The molecule has 0 spiro atoms. The lowest BCUT2D eigenvalue weighted by Gasteiger charge is -2.30. The van der Waals surface area contributed by atoms with E-state index in [1.807, 2.05) is 18.2 Å². The molecule has 0 aliphatic carbocycles. The molecule has 0 aromatic heterocycles. The molecule has 0 saturated carbocycles. The topological polar surface area (TPSA) is 35.5 Å². The van der Waals surface area contributed by atoms with Gasteiger partial charge in [0.05, 0.1) is 27.1 Å². The van der Waals surface area contributed by atoms with Crippen molar-refractivity contribution in [3.8, 4) is 5.75 Å². The summed E-state index contributed by atoms with van der Waals surface area (Å²) >= 11 is 0. The number of benzene rings is 2. The molecule has 0 aliphatic heterocycles. The summed E-state index contributed by atoms with van der Waals surface area (Å²) < 4.78 is 12.6. The number of carbonyl (C=O) groups is 1. The number of unbranched alkanes of at least 4 members (excludes halogenated alkanes) is 10. The minimum absolute atomic E-state index is 0.194. The van der Waals surface area contributed by atoms with E-state index in [0.717, 1.165) is 36.2 Å². The third-order valence-corrected chi connectivity index (χ3v) is 7.42. The van der Waals surface area contributed by atoms with Crippen LogP contribution in [-0.4, -0.2) is 37.4 Å². The third-order valence-electron chi connectivity index (χ3n) is 7.42. The van der Waals surface area contributed by atoms with Crippen LogP contribution in [0.4, 0.5) is 0 Å². The molecular formula is C35H56NO3+. The van der Waals surface area contributed by atoms with Crippen LogP contribution >= 0.6 is 0 Å². The van der Waals surface area contributed by atoms with E-state index in [1.165, 1.54) is 81.8 Å². The normalized spacial score (nSPS) is 12.3. The number of carbonyl (C=O) groups excluding carboxylic acids is 1. The summed E-state index contributed by atoms with van der Waals surface area (Å²) in [6, 6.07) is 18.7. The van der Waals surface area contributed by atoms with Gasteiger partial charge in [-0.1, -0.05) is 121 Å². The highest BCUT2D eigenvalue weighted by Crippen LogP contribution is 2.19. The zero-order valence-electron chi connectivity index (χ0n) is 25.5. The Morgan fingerprint density at radius 1 is 0.718 bits per heavy atom. The van der Waals surface area contributed by atoms with E-state index in [9.17, 15) is 4.79 Å². The van der Waals surface area contributed by atoms with E-state index in [0.29, 0.717) is 12.8 Å². The van der Waals surface area contributed by atoms with Gasteiger partial charge in [-0.2, -0.15) is 0 Å². The molecule has 0 radical (unpaired) electrons. The first kappa shape index (κ1) is 32.9. The number of esters is 1. The van der Waals surface area contributed by atoms with Crippen LogP contribution in [0.1, 0.15) is 115 Å². The van der Waals surface area contributed by atoms with Crippen LogP contribution in [0.3, 0.4) is 0 Å². The zero-order valence-corrected chi connectivity index (χ0v) is 25.5. The molecule has 4 nitrogen and oxygen atoms in total. The minimum atomic E-state index is -0.537. The van der Waals surface area contributed by atoms with E-state index in [-0.39, 0.29) is 5.97 Å². The van der Waals surface area contributed by atoms with Crippen molar-refractivity contribution in [2.45, 2.75) is 123 Å². The lowest BCUT2D eigenvalue weighted by atomic mass is 10.0. The van der Waals surface area contributed by atoms with Gasteiger partial charge in [0.2, 0.25) is 6.29 Å². The van der Waals surface area contributed by atoms with Gasteiger partial charge in [-0.3, -0.25) is 4.79 Å². The molecule has 39 heavy (non-hydrogen) atoms. The van der Waals surface area contributed by atoms with Gasteiger partial charge in [-0.25, -0.2) is 0 Å². The summed E-state index contributed by atoms with van der Waals surface area (Å²) in [4.78, 5) is 12.6. The Balaban J connectivity index is 1.64. The molecule has 0 saturated heterocycles. The van der Waals surface area contributed by atoms with Crippen molar-refractivity contribution in [2.24, 2.45) is 0 Å². The van der Waals surface area contributed by atoms with Crippen molar-refractivity contribution in [2.75, 3.05) is 20.6 Å². The summed E-state index contributed by atoms with van der Waals surface area (Å²) in [6.07, 6.45) is 17.6. The lowest BCUT2D eigenvalue weighted by Crippen LogP contribution is -2.41. The number of aryl methyl sites for hydroxylation is 1. The molecule has 0 fully saturated rings. The highest BCUT2D eigenvalue weighted by Gasteiger charge is 2.21. The maximum absolute atomic E-state index is 12.6. The molecular weight excluding hydrogens is 482 g/mol. The van der Waals surface area contributed by atoms with Crippen LogP contribution in [0, 0.1) is 0 Å². The average molecular weight is 539 g/mol. The molecule has 0 N–H and O–H groups in total. The summed E-state index contributed by atoms with van der Waals surface area (Å²) in [5.41, 5.74) is 2.62. The molecule has 4 heteroatoms. The smallest absolute Gasteiger partial charge is 0.314 e. The second-order valence-electron chi connectivity index (χ2n) is 11.8. The van der Waals surface area contributed by atoms with Gasteiger partial charge in [0.15, 0.2) is 0 Å². The van der Waals surface area contributed by atoms with E-state index in [1.54, 1.807) is 0 Å². The van der Waals surface area contributed by atoms with Crippen molar-refractivity contribution >= 4 is 5.97 Å². The van der Waals surface area contributed by atoms with E-state index in [2.05, 4.69) is 64.3 Å². The first-order valence-corrected chi connectivity index (χ1v) is 15.7. The lowest BCUT2D eigenvalue weighted by molar-refractivity contribution is -0.903. The van der Waals surface area contributed by atoms with E-state index >= 15 is 0 Å². The molecule has 2 aromatic rings. The number of ether oxygens (including phenoxy) is 2. The quantitative estimate of drug-likeness (QED) is 0.0648. The number of quaternary nitrogens is 1. The predicted molar refractivity (Wildman–Crippen MR) is 164 cm³/mol. The Morgan fingerprint density at radius 3 is 1.90 bits per heavy atom. The largest absolute Gasteiger partial charge is 0.455 e.